The molecule has 102 valence electrons. The first-order valence-corrected chi connectivity index (χ1v) is 6.37. The van der Waals surface area contributed by atoms with Crippen LogP contribution in [0.15, 0.2) is 28.8 Å². The van der Waals surface area contributed by atoms with Crippen molar-refractivity contribution < 1.29 is 9.32 Å². The number of nitrogens with one attached hydrogen (secondary N) is 1. The summed E-state index contributed by atoms with van der Waals surface area (Å²) >= 11 is 0. The van der Waals surface area contributed by atoms with E-state index in [0.29, 0.717) is 17.3 Å². The predicted molar refractivity (Wildman–Crippen MR) is 73.5 cm³/mol. The SMILES string of the molecule is NC(=O)c1ccc(/C=C/c2nc(C3CCN3)no2)cc1. The number of nitrogens with zero attached hydrogens (tertiary/aromatic N) is 2. The minimum absolute atomic E-state index is 0.218. The molecule has 0 radical (unpaired) electrons. The number of primary amides is 1. The lowest BCUT2D eigenvalue weighted by Gasteiger charge is -2.23. The Balaban J connectivity index is 1.69. The molecule has 1 fully saturated rings. The van der Waals surface area contributed by atoms with Gasteiger partial charge in [-0.05, 0) is 36.7 Å². The maximum absolute atomic E-state index is 11.0. The minimum atomic E-state index is -0.435. The molecular formula is C14H14N4O2. The molecule has 1 atom stereocenters. The molecule has 6 heteroatoms. The summed E-state index contributed by atoms with van der Waals surface area (Å²) in [6, 6.07) is 7.19. The summed E-state index contributed by atoms with van der Waals surface area (Å²) in [5.74, 6) is 0.725. The topological polar surface area (TPSA) is 94.0 Å². The van der Waals surface area contributed by atoms with Gasteiger partial charge in [-0.25, -0.2) is 0 Å². The predicted octanol–water partition coefficient (Wildman–Crippen LogP) is 1.37. The molecule has 1 aromatic heterocycles. The van der Waals surface area contributed by atoms with Gasteiger partial charge in [0.2, 0.25) is 5.91 Å². The van der Waals surface area contributed by atoms with Crippen molar-refractivity contribution in [3.63, 3.8) is 0 Å². The Hall–Kier alpha value is -2.47. The summed E-state index contributed by atoms with van der Waals surface area (Å²) in [6.07, 6.45) is 4.63. The van der Waals surface area contributed by atoms with Crippen molar-refractivity contribution in [2.45, 2.75) is 12.5 Å². The first-order chi connectivity index (χ1) is 9.72. The van der Waals surface area contributed by atoms with Gasteiger partial charge in [0, 0.05) is 11.6 Å². The highest BCUT2D eigenvalue weighted by atomic mass is 16.5. The Morgan fingerprint density at radius 2 is 2.10 bits per heavy atom. The molecule has 1 saturated heterocycles. The number of aromatic nitrogens is 2. The van der Waals surface area contributed by atoms with Gasteiger partial charge in [0.25, 0.3) is 5.89 Å². The van der Waals surface area contributed by atoms with Crippen molar-refractivity contribution >= 4 is 18.1 Å². The molecule has 0 saturated carbocycles. The molecule has 2 aromatic rings. The zero-order chi connectivity index (χ0) is 13.9. The number of rotatable bonds is 4. The molecule has 20 heavy (non-hydrogen) atoms. The first kappa shape index (κ1) is 12.6. The Kier molecular flexibility index (Phi) is 3.30. The van der Waals surface area contributed by atoms with Gasteiger partial charge >= 0.3 is 0 Å². The smallest absolute Gasteiger partial charge is 0.250 e. The van der Waals surface area contributed by atoms with Crippen LogP contribution in [0.25, 0.3) is 12.2 Å². The molecule has 1 aromatic carbocycles. The molecule has 1 unspecified atom stereocenters. The Bertz CT molecular complexity index is 641. The third-order valence-corrected chi connectivity index (χ3v) is 3.21. The molecule has 6 nitrogen and oxygen atoms in total. The van der Waals surface area contributed by atoms with Crippen LogP contribution in [-0.2, 0) is 0 Å². The van der Waals surface area contributed by atoms with Crippen molar-refractivity contribution in [3.8, 4) is 0 Å². The number of amides is 1. The van der Waals surface area contributed by atoms with E-state index < -0.39 is 5.91 Å². The number of hydrogen-bond donors (Lipinski definition) is 2. The van der Waals surface area contributed by atoms with Gasteiger partial charge in [-0.2, -0.15) is 4.98 Å². The Labute approximate surface area is 115 Å². The van der Waals surface area contributed by atoms with Crippen LogP contribution in [0, 0.1) is 0 Å². The minimum Gasteiger partial charge on any atom is -0.366 e. The molecule has 3 N–H and O–H groups in total. The number of carbonyl (C=O) groups is 1. The average molecular weight is 270 g/mol. The van der Waals surface area contributed by atoms with Gasteiger partial charge in [0.15, 0.2) is 5.82 Å². The second-order valence-corrected chi connectivity index (χ2v) is 4.61. The molecular weight excluding hydrogens is 256 g/mol. The molecule has 1 aliphatic rings. The van der Waals surface area contributed by atoms with Gasteiger partial charge in [-0.1, -0.05) is 17.3 Å². The third kappa shape index (κ3) is 2.60. The molecule has 0 bridgehead atoms. The van der Waals surface area contributed by atoms with E-state index in [-0.39, 0.29) is 6.04 Å². The van der Waals surface area contributed by atoms with E-state index in [4.69, 9.17) is 10.3 Å². The summed E-state index contributed by atoms with van der Waals surface area (Å²) in [7, 11) is 0. The average Bonchev–Trinajstić information content (AvgIpc) is 2.83. The fourth-order valence-corrected chi connectivity index (χ4v) is 1.89. The van der Waals surface area contributed by atoms with Crippen molar-refractivity contribution in [3.05, 3.63) is 47.1 Å². The molecule has 0 spiro atoms. The van der Waals surface area contributed by atoms with Gasteiger partial charge in [-0.3, -0.25) is 4.79 Å². The van der Waals surface area contributed by atoms with Crippen molar-refractivity contribution in [2.24, 2.45) is 5.73 Å². The van der Waals surface area contributed by atoms with Gasteiger partial charge in [-0.15, -0.1) is 0 Å². The summed E-state index contributed by atoms with van der Waals surface area (Å²) < 4.78 is 5.14. The monoisotopic (exact) mass is 270 g/mol. The molecule has 0 aliphatic carbocycles. The van der Waals surface area contributed by atoms with Crippen LogP contribution in [-0.4, -0.2) is 22.6 Å². The second kappa shape index (κ2) is 5.26. The lowest BCUT2D eigenvalue weighted by atomic mass is 10.1. The fraction of sp³-hybridized carbons (Fsp3) is 0.214. The molecule has 1 amide bonds. The zero-order valence-corrected chi connectivity index (χ0v) is 10.7. The van der Waals surface area contributed by atoms with Crippen LogP contribution in [0.3, 0.4) is 0 Å². The molecule has 1 aliphatic heterocycles. The third-order valence-electron chi connectivity index (χ3n) is 3.21. The Morgan fingerprint density at radius 3 is 2.70 bits per heavy atom. The number of hydrogen-bond acceptors (Lipinski definition) is 5. The molecule has 3 rings (SSSR count). The summed E-state index contributed by atoms with van der Waals surface area (Å²) in [5.41, 5.74) is 6.59. The highest BCUT2D eigenvalue weighted by molar-refractivity contribution is 5.93. The van der Waals surface area contributed by atoms with E-state index in [2.05, 4.69) is 15.5 Å². The number of carbonyl (C=O) groups excluding carboxylic acids is 1. The van der Waals surface area contributed by atoms with Crippen LogP contribution in [0.5, 0.6) is 0 Å². The van der Waals surface area contributed by atoms with Gasteiger partial charge < -0.3 is 15.6 Å². The van der Waals surface area contributed by atoms with Gasteiger partial charge in [0.1, 0.15) is 0 Å². The lowest BCUT2D eigenvalue weighted by molar-refractivity contribution is 0.100. The summed E-state index contributed by atoms with van der Waals surface area (Å²) in [6.45, 7) is 0.997. The van der Waals surface area contributed by atoms with Crippen molar-refractivity contribution in [2.75, 3.05) is 6.54 Å². The first-order valence-electron chi connectivity index (χ1n) is 6.37. The Morgan fingerprint density at radius 1 is 1.35 bits per heavy atom. The zero-order valence-electron chi connectivity index (χ0n) is 10.7. The highest BCUT2D eigenvalue weighted by Gasteiger charge is 2.23. The van der Waals surface area contributed by atoms with Crippen LogP contribution in [0.2, 0.25) is 0 Å². The van der Waals surface area contributed by atoms with Crippen molar-refractivity contribution in [1.29, 1.82) is 0 Å². The molecule has 2 heterocycles. The number of benzene rings is 1. The van der Waals surface area contributed by atoms with Crippen LogP contribution in [0.1, 0.15) is 40.1 Å². The largest absolute Gasteiger partial charge is 0.366 e. The van der Waals surface area contributed by atoms with Crippen LogP contribution < -0.4 is 11.1 Å². The van der Waals surface area contributed by atoms with E-state index in [1.807, 2.05) is 6.08 Å². The van der Waals surface area contributed by atoms with E-state index >= 15 is 0 Å². The highest BCUT2D eigenvalue weighted by Crippen LogP contribution is 2.20. The van der Waals surface area contributed by atoms with Crippen LogP contribution >= 0.6 is 0 Å². The second-order valence-electron chi connectivity index (χ2n) is 4.61. The van der Waals surface area contributed by atoms with E-state index in [9.17, 15) is 4.79 Å². The number of nitrogens with two attached hydrogens (primary N) is 1. The summed E-state index contributed by atoms with van der Waals surface area (Å²) in [5, 5.41) is 7.14. The normalized spacial score (nSPS) is 18.1. The fourth-order valence-electron chi connectivity index (χ4n) is 1.89. The van der Waals surface area contributed by atoms with Gasteiger partial charge in [0.05, 0.1) is 6.04 Å². The van der Waals surface area contributed by atoms with E-state index in [0.717, 1.165) is 18.5 Å². The maximum Gasteiger partial charge on any atom is 0.250 e. The maximum atomic E-state index is 11.0. The quantitative estimate of drug-likeness (QED) is 0.875. The standard InChI is InChI=1S/C14H14N4O2/c15-13(19)10-4-1-9(2-5-10)3-6-12-17-14(18-20-12)11-7-8-16-11/h1-6,11,16H,7-8H2,(H2,15,19)/b6-3+. The van der Waals surface area contributed by atoms with E-state index in [1.165, 1.54) is 0 Å². The lowest BCUT2D eigenvalue weighted by Crippen LogP contribution is -2.35. The summed E-state index contributed by atoms with van der Waals surface area (Å²) in [4.78, 5) is 15.2. The van der Waals surface area contributed by atoms with E-state index in [1.54, 1.807) is 30.3 Å². The van der Waals surface area contributed by atoms with Crippen LogP contribution in [0.4, 0.5) is 0 Å². The van der Waals surface area contributed by atoms with Crippen molar-refractivity contribution in [1.82, 2.24) is 15.5 Å².